The molecule has 2 aliphatic heterocycles. The Bertz CT molecular complexity index is 476. The summed E-state index contributed by atoms with van der Waals surface area (Å²) >= 11 is 0. The normalized spacial score (nSPS) is 29.5. The second-order valence-corrected chi connectivity index (χ2v) is 6.58. The summed E-state index contributed by atoms with van der Waals surface area (Å²) in [6.45, 7) is 2.50. The molecule has 2 unspecified atom stereocenters. The van der Waals surface area contributed by atoms with E-state index in [9.17, 15) is 9.59 Å². The largest absolute Gasteiger partial charge is 0.317 e. The van der Waals surface area contributed by atoms with Crippen molar-refractivity contribution in [2.75, 3.05) is 13.1 Å². The standard InChI is InChI=1S/C12H13N3O2.C5H11N/c13-6-8-10(16)15-11(17)9(7-14)12(8)4-2-1-3-5-12;1-2-4-6-5-3-1/h8-9H,1-5H2,(H,15,16,17);6H,1-5H2. The molecule has 0 bridgehead atoms. The maximum absolute atomic E-state index is 11.7. The van der Waals surface area contributed by atoms with Crippen molar-refractivity contribution in [2.45, 2.75) is 51.4 Å². The zero-order chi connectivity index (χ0) is 16.7. The van der Waals surface area contributed by atoms with Crippen molar-refractivity contribution in [2.24, 2.45) is 17.3 Å². The molecule has 2 atom stereocenters. The molecule has 2 amide bonds. The fourth-order valence-electron chi connectivity index (χ4n) is 3.92. The lowest BCUT2D eigenvalue weighted by Gasteiger charge is -2.44. The predicted octanol–water partition coefficient (Wildman–Crippen LogP) is 1.63. The van der Waals surface area contributed by atoms with E-state index in [1.165, 1.54) is 32.4 Å². The number of nitriles is 2. The molecule has 0 aromatic heterocycles. The summed E-state index contributed by atoms with van der Waals surface area (Å²) in [4.78, 5) is 23.4. The number of hydrogen-bond donors (Lipinski definition) is 2. The number of hydrogen-bond acceptors (Lipinski definition) is 5. The summed E-state index contributed by atoms with van der Waals surface area (Å²) in [5.74, 6) is -2.81. The minimum Gasteiger partial charge on any atom is -0.317 e. The fraction of sp³-hybridized carbons (Fsp3) is 0.765. The zero-order valence-electron chi connectivity index (χ0n) is 13.4. The molecule has 124 valence electrons. The molecule has 3 fully saturated rings. The van der Waals surface area contributed by atoms with Crippen LogP contribution in [-0.2, 0) is 9.59 Å². The van der Waals surface area contributed by atoms with Gasteiger partial charge in [-0.05, 0) is 38.8 Å². The van der Waals surface area contributed by atoms with Crippen molar-refractivity contribution >= 4 is 11.8 Å². The highest BCUT2D eigenvalue weighted by Crippen LogP contribution is 2.50. The Morgan fingerprint density at radius 3 is 1.65 bits per heavy atom. The smallest absolute Gasteiger partial charge is 0.244 e. The zero-order valence-corrected chi connectivity index (χ0v) is 13.4. The molecule has 6 nitrogen and oxygen atoms in total. The quantitative estimate of drug-likeness (QED) is 0.661. The number of piperidine rings is 2. The predicted molar refractivity (Wildman–Crippen MR) is 83.6 cm³/mol. The second kappa shape index (κ2) is 8.08. The molecule has 1 saturated carbocycles. The fourth-order valence-corrected chi connectivity index (χ4v) is 3.92. The first-order chi connectivity index (χ1) is 11.2. The van der Waals surface area contributed by atoms with E-state index in [-0.39, 0.29) is 0 Å². The van der Waals surface area contributed by atoms with Crippen LogP contribution in [0.2, 0.25) is 0 Å². The van der Waals surface area contributed by atoms with Gasteiger partial charge in [0.2, 0.25) is 11.8 Å². The van der Waals surface area contributed by atoms with E-state index < -0.39 is 29.1 Å². The molecule has 2 N–H and O–H groups in total. The Morgan fingerprint density at radius 1 is 0.826 bits per heavy atom. The van der Waals surface area contributed by atoms with E-state index in [4.69, 9.17) is 10.5 Å². The maximum Gasteiger partial charge on any atom is 0.244 e. The van der Waals surface area contributed by atoms with Gasteiger partial charge in [-0.25, -0.2) is 0 Å². The molecule has 3 aliphatic rings. The van der Waals surface area contributed by atoms with Gasteiger partial charge >= 0.3 is 0 Å². The topological polar surface area (TPSA) is 106 Å². The van der Waals surface area contributed by atoms with Crippen molar-refractivity contribution in [1.29, 1.82) is 10.5 Å². The number of carbonyl (C=O) groups is 2. The lowest BCUT2D eigenvalue weighted by atomic mass is 9.57. The van der Waals surface area contributed by atoms with Crippen LogP contribution in [0.5, 0.6) is 0 Å². The summed E-state index contributed by atoms with van der Waals surface area (Å²) in [6, 6.07) is 3.97. The Morgan fingerprint density at radius 2 is 1.30 bits per heavy atom. The number of nitrogens with zero attached hydrogens (tertiary/aromatic N) is 2. The van der Waals surface area contributed by atoms with E-state index in [2.05, 4.69) is 10.6 Å². The van der Waals surface area contributed by atoms with Crippen LogP contribution in [0.1, 0.15) is 51.4 Å². The van der Waals surface area contributed by atoms with Gasteiger partial charge in [0.25, 0.3) is 0 Å². The summed E-state index contributed by atoms with van der Waals surface area (Å²) < 4.78 is 0. The van der Waals surface area contributed by atoms with Crippen LogP contribution < -0.4 is 10.6 Å². The van der Waals surface area contributed by atoms with Gasteiger partial charge in [0.1, 0.15) is 11.8 Å². The first kappa shape index (κ1) is 17.4. The molecule has 1 spiro atoms. The van der Waals surface area contributed by atoms with Crippen LogP contribution >= 0.6 is 0 Å². The monoisotopic (exact) mass is 316 g/mol. The van der Waals surface area contributed by atoms with Crippen LogP contribution in [0.15, 0.2) is 0 Å². The summed E-state index contributed by atoms with van der Waals surface area (Å²) in [5.41, 5.74) is -0.749. The molecular weight excluding hydrogens is 292 g/mol. The first-order valence-electron chi connectivity index (χ1n) is 8.50. The number of nitrogens with one attached hydrogen (secondary N) is 2. The molecule has 0 aromatic carbocycles. The van der Waals surface area contributed by atoms with Crippen molar-refractivity contribution in [3.63, 3.8) is 0 Å². The van der Waals surface area contributed by atoms with Gasteiger partial charge in [0.05, 0.1) is 12.1 Å². The summed E-state index contributed by atoms with van der Waals surface area (Å²) in [6.07, 6.45) is 8.22. The minimum atomic E-state index is -0.870. The number of carbonyl (C=O) groups excluding carboxylic acids is 2. The molecule has 1 aliphatic carbocycles. The van der Waals surface area contributed by atoms with Gasteiger partial charge in [-0.3, -0.25) is 14.9 Å². The van der Waals surface area contributed by atoms with Crippen LogP contribution in [0, 0.1) is 39.9 Å². The van der Waals surface area contributed by atoms with Gasteiger partial charge in [-0.15, -0.1) is 0 Å². The second-order valence-electron chi connectivity index (χ2n) is 6.58. The number of imide groups is 1. The van der Waals surface area contributed by atoms with Crippen LogP contribution in [0.4, 0.5) is 0 Å². The molecular formula is C17H24N4O2. The van der Waals surface area contributed by atoms with Crippen LogP contribution in [-0.4, -0.2) is 24.9 Å². The summed E-state index contributed by atoms with van der Waals surface area (Å²) in [5, 5.41) is 23.7. The highest BCUT2D eigenvalue weighted by atomic mass is 16.2. The van der Waals surface area contributed by atoms with Gasteiger partial charge < -0.3 is 5.32 Å². The molecule has 6 heteroatoms. The van der Waals surface area contributed by atoms with Gasteiger partial charge in [0, 0.05) is 5.41 Å². The van der Waals surface area contributed by atoms with E-state index in [1.807, 2.05) is 12.1 Å². The Kier molecular flexibility index (Phi) is 6.12. The highest BCUT2D eigenvalue weighted by molar-refractivity contribution is 6.03. The lowest BCUT2D eigenvalue weighted by Crippen LogP contribution is -2.58. The highest BCUT2D eigenvalue weighted by Gasteiger charge is 2.56. The Labute approximate surface area is 137 Å². The van der Waals surface area contributed by atoms with Crippen molar-refractivity contribution in [1.82, 2.24) is 10.6 Å². The molecule has 0 radical (unpaired) electrons. The number of rotatable bonds is 0. The van der Waals surface area contributed by atoms with Crippen molar-refractivity contribution in [3.8, 4) is 12.1 Å². The SMILES string of the molecule is C1CCNCC1.N#CC1C(=O)NC(=O)C(C#N)C12CCCCC2. The third-order valence-electron chi connectivity index (χ3n) is 5.17. The van der Waals surface area contributed by atoms with Gasteiger partial charge in [-0.1, -0.05) is 25.7 Å². The van der Waals surface area contributed by atoms with Crippen molar-refractivity contribution in [3.05, 3.63) is 0 Å². The van der Waals surface area contributed by atoms with E-state index in [0.717, 1.165) is 19.3 Å². The lowest BCUT2D eigenvalue weighted by molar-refractivity contribution is -0.146. The van der Waals surface area contributed by atoms with Crippen LogP contribution in [0.3, 0.4) is 0 Å². The van der Waals surface area contributed by atoms with Gasteiger partial charge in [-0.2, -0.15) is 10.5 Å². The average Bonchev–Trinajstić information content (AvgIpc) is 2.58. The maximum atomic E-state index is 11.7. The minimum absolute atomic E-state index is 0.536. The Balaban J connectivity index is 0.000000268. The van der Waals surface area contributed by atoms with E-state index in [0.29, 0.717) is 12.8 Å². The Hall–Kier alpha value is -1.92. The van der Waals surface area contributed by atoms with E-state index >= 15 is 0 Å². The first-order valence-corrected chi connectivity index (χ1v) is 8.50. The van der Waals surface area contributed by atoms with Crippen LogP contribution in [0.25, 0.3) is 0 Å². The third kappa shape index (κ3) is 3.71. The van der Waals surface area contributed by atoms with Crippen molar-refractivity contribution < 1.29 is 9.59 Å². The molecule has 2 heterocycles. The molecule has 23 heavy (non-hydrogen) atoms. The number of amides is 2. The van der Waals surface area contributed by atoms with Gasteiger partial charge in [0.15, 0.2) is 0 Å². The summed E-state index contributed by atoms with van der Waals surface area (Å²) in [7, 11) is 0. The average molecular weight is 316 g/mol. The molecule has 2 saturated heterocycles. The molecule has 0 aromatic rings. The van der Waals surface area contributed by atoms with E-state index in [1.54, 1.807) is 0 Å². The third-order valence-corrected chi connectivity index (χ3v) is 5.17. The molecule has 3 rings (SSSR count).